The number of hydrogen-bond acceptors (Lipinski definition) is 2. The molecular weight excluding hydrogens is 302 g/mol. The van der Waals surface area contributed by atoms with Gasteiger partial charge >= 0.3 is 6.03 Å². The predicted octanol–water partition coefficient (Wildman–Crippen LogP) is 2.62. The lowest BCUT2D eigenvalue weighted by atomic mass is 9.62. The molecule has 3 rings (SSSR count). The second-order valence-corrected chi connectivity index (χ2v) is 6.91. The van der Waals surface area contributed by atoms with Crippen LogP contribution in [-0.2, 0) is 10.3 Å². The van der Waals surface area contributed by atoms with Crippen molar-refractivity contribution in [3.8, 4) is 0 Å². The number of likely N-dealkylation sites (tertiary alicyclic amines) is 1. The van der Waals surface area contributed by atoms with E-state index in [9.17, 15) is 9.59 Å². The highest BCUT2D eigenvalue weighted by Crippen LogP contribution is 2.53. The first kappa shape index (κ1) is 16.8. The number of nitrogens with zero attached hydrogens (tertiary/aromatic N) is 1. The number of carbonyl (C=O) groups excluding carboxylic acids is 2. The molecule has 0 radical (unpaired) electrons. The summed E-state index contributed by atoms with van der Waals surface area (Å²) in [5.41, 5.74) is 1.16. The van der Waals surface area contributed by atoms with Gasteiger partial charge in [-0.05, 0) is 24.8 Å². The van der Waals surface area contributed by atoms with Crippen molar-refractivity contribution < 1.29 is 9.59 Å². The molecule has 1 saturated heterocycles. The number of amides is 3. The fraction of sp³-hybridized carbons (Fsp3) is 0.579. The Labute approximate surface area is 143 Å². The Bertz CT molecular complexity index is 590. The number of nitrogens with one attached hydrogen (secondary N) is 2. The number of benzene rings is 1. The van der Waals surface area contributed by atoms with E-state index in [4.69, 9.17) is 0 Å². The number of hydrogen-bond donors (Lipinski definition) is 2. The molecule has 0 aromatic heterocycles. The second-order valence-electron chi connectivity index (χ2n) is 6.91. The standard InChI is InChI=1S/C19H27N3O2/c1-15(23)20-12-7-13-21-18(24)22-14-17-10-5-6-11-19(17,22)16-8-3-2-4-9-16/h2-4,8-9,17H,5-7,10-14H2,1H3,(H,20,23)(H,21,24)/t17-,19-/m0/s1. The lowest BCUT2D eigenvalue weighted by molar-refractivity contribution is -0.118. The number of urea groups is 1. The smallest absolute Gasteiger partial charge is 0.318 e. The normalized spacial score (nSPS) is 25.4. The Morgan fingerprint density at radius 2 is 1.92 bits per heavy atom. The molecule has 1 aliphatic heterocycles. The molecule has 2 fully saturated rings. The molecule has 24 heavy (non-hydrogen) atoms. The lowest BCUT2D eigenvalue weighted by Crippen LogP contribution is -2.69. The Morgan fingerprint density at radius 3 is 2.62 bits per heavy atom. The first-order valence-corrected chi connectivity index (χ1v) is 9.00. The van der Waals surface area contributed by atoms with Crippen LogP contribution in [0.5, 0.6) is 0 Å². The van der Waals surface area contributed by atoms with E-state index in [-0.39, 0.29) is 17.5 Å². The van der Waals surface area contributed by atoms with Crippen LogP contribution >= 0.6 is 0 Å². The largest absolute Gasteiger partial charge is 0.356 e. The van der Waals surface area contributed by atoms with Crippen molar-refractivity contribution in [2.75, 3.05) is 19.6 Å². The molecular formula is C19H27N3O2. The summed E-state index contributed by atoms with van der Waals surface area (Å²) in [4.78, 5) is 25.6. The Balaban J connectivity index is 1.62. The van der Waals surface area contributed by atoms with Crippen molar-refractivity contribution in [3.63, 3.8) is 0 Å². The molecule has 1 heterocycles. The minimum absolute atomic E-state index is 0.0276. The van der Waals surface area contributed by atoms with Crippen LogP contribution in [-0.4, -0.2) is 36.5 Å². The van der Waals surface area contributed by atoms with Gasteiger partial charge in [-0.3, -0.25) is 4.79 Å². The molecule has 5 nitrogen and oxygen atoms in total. The Kier molecular flexibility index (Phi) is 5.07. The van der Waals surface area contributed by atoms with Gasteiger partial charge in [0.25, 0.3) is 0 Å². The van der Waals surface area contributed by atoms with Gasteiger partial charge in [0.15, 0.2) is 0 Å². The van der Waals surface area contributed by atoms with E-state index in [0.717, 1.165) is 19.4 Å². The van der Waals surface area contributed by atoms with Gasteiger partial charge in [0, 0.05) is 32.5 Å². The van der Waals surface area contributed by atoms with Gasteiger partial charge in [0.05, 0.1) is 5.54 Å². The molecule has 1 aromatic rings. The van der Waals surface area contributed by atoms with E-state index in [0.29, 0.717) is 19.0 Å². The predicted molar refractivity (Wildman–Crippen MR) is 93.5 cm³/mol. The maximum absolute atomic E-state index is 12.7. The quantitative estimate of drug-likeness (QED) is 0.816. The Morgan fingerprint density at radius 1 is 1.17 bits per heavy atom. The van der Waals surface area contributed by atoms with E-state index in [1.807, 2.05) is 11.0 Å². The lowest BCUT2D eigenvalue weighted by Gasteiger charge is -2.61. The van der Waals surface area contributed by atoms with Crippen LogP contribution in [0.3, 0.4) is 0 Å². The average molecular weight is 329 g/mol. The van der Waals surface area contributed by atoms with E-state index in [1.54, 1.807) is 0 Å². The van der Waals surface area contributed by atoms with E-state index >= 15 is 0 Å². The molecule has 1 saturated carbocycles. The van der Waals surface area contributed by atoms with Gasteiger partial charge in [-0.1, -0.05) is 43.2 Å². The number of rotatable bonds is 5. The molecule has 2 aliphatic rings. The third kappa shape index (κ3) is 3.12. The molecule has 1 aromatic carbocycles. The third-order valence-electron chi connectivity index (χ3n) is 5.44. The molecule has 5 heteroatoms. The third-order valence-corrected chi connectivity index (χ3v) is 5.44. The van der Waals surface area contributed by atoms with Gasteiger partial charge in [-0.15, -0.1) is 0 Å². The zero-order valence-corrected chi connectivity index (χ0v) is 14.4. The fourth-order valence-electron chi connectivity index (χ4n) is 4.27. The highest BCUT2D eigenvalue weighted by atomic mass is 16.2. The maximum atomic E-state index is 12.7. The Hall–Kier alpha value is -2.04. The fourth-order valence-corrected chi connectivity index (χ4v) is 4.27. The molecule has 2 N–H and O–H groups in total. The first-order valence-electron chi connectivity index (χ1n) is 9.00. The van der Waals surface area contributed by atoms with Crippen LogP contribution in [0.2, 0.25) is 0 Å². The van der Waals surface area contributed by atoms with Crippen molar-refractivity contribution in [1.82, 2.24) is 15.5 Å². The van der Waals surface area contributed by atoms with Crippen LogP contribution in [0.15, 0.2) is 30.3 Å². The van der Waals surface area contributed by atoms with Crippen LogP contribution in [0.25, 0.3) is 0 Å². The van der Waals surface area contributed by atoms with Crippen LogP contribution in [0, 0.1) is 5.92 Å². The highest BCUT2D eigenvalue weighted by Gasteiger charge is 2.56. The minimum Gasteiger partial charge on any atom is -0.356 e. The summed E-state index contributed by atoms with van der Waals surface area (Å²) in [6.07, 6.45) is 5.46. The zero-order valence-electron chi connectivity index (χ0n) is 14.4. The van der Waals surface area contributed by atoms with Crippen molar-refractivity contribution in [3.05, 3.63) is 35.9 Å². The average Bonchev–Trinajstić information content (AvgIpc) is 2.56. The summed E-state index contributed by atoms with van der Waals surface area (Å²) < 4.78 is 0. The monoisotopic (exact) mass is 329 g/mol. The van der Waals surface area contributed by atoms with Crippen molar-refractivity contribution >= 4 is 11.9 Å². The summed E-state index contributed by atoms with van der Waals surface area (Å²) in [7, 11) is 0. The van der Waals surface area contributed by atoms with Gasteiger partial charge in [0.2, 0.25) is 5.91 Å². The SMILES string of the molecule is CC(=O)NCCCNC(=O)N1C[C@@H]2CCCC[C@]21c1ccccc1. The molecule has 0 spiro atoms. The summed E-state index contributed by atoms with van der Waals surface area (Å²) in [6.45, 7) is 3.55. The van der Waals surface area contributed by atoms with Gasteiger partial charge in [0.1, 0.15) is 0 Å². The van der Waals surface area contributed by atoms with E-state index < -0.39 is 0 Å². The summed E-state index contributed by atoms with van der Waals surface area (Å²) in [5.74, 6) is 0.552. The van der Waals surface area contributed by atoms with Gasteiger partial charge < -0.3 is 15.5 Å². The van der Waals surface area contributed by atoms with Gasteiger partial charge in [-0.25, -0.2) is 4.79 Å². The molecule has 3 amide bonds. The minimum atomic E-state index is -0.110. The molecule has 0 unspecified atom stereocenters. The van der Waals surface area contributed by atoms with Crippen LogP contribution in [0.1, 0.15) is 44.6 Å². The van der Waals surface area contributed by atoms with Crippen molar-refractivity contribution in [2.24, 2.45) is 5.92 Å². The first-order chi connectivity index (χ1) is 11.6. The highest BCUT2D eigenvalue weighted by molar-refractivity contribution is 5.77. The van der Waals surface area contributed by atoms with E-state index in [1.165, 1.54) is 31.7 Å². The number of carbonyl (C=O) groups is 2. The molecule has 0 bridgehead atoms. The topological polar surface area (TPSA) is 61.4 Å². The zero-order chi connectivity index (χ0) is 17.0. The summed E-state index contributed by atoms with van der Waals surface area (Å²) >= 11 is 0. The second kappa shape index (κ2) is 7.24. The van der Waals surface area contributed by atoms with E-state index in [2.05, 4.69) is 34.9 Å². The molecule has 2 atom stereocenters. The molecule has 1 aliphatic carbocycles. The van der Waals surface area contributed by atoms with Gasteiger partial charge in [-0.2, -0.15) is 0 Å². The van der Waals surface area contributed by atoms with Crippen molar-refractivity contribution in [2.45, 2.75) is 44.6 Å². The summed E-state index contributed by atoms with van der Waals surface area (Å²) in [6, 6.07) is 10.5. The van der Waals surface area contributed by atoms with Crippen LogP contribution in [0.4, 0.5) is 4.79 Å². The number of fused-ring (bicyclic) bond motifs is 1. The summed E-state index contributed by atoms with van der Waals surface area (Å²) in [5, 5.41) is 5.77. The van der Waals surface area contributed by atoms with Crippen LogP contribution < -0.4 is 10.6 Å². The maximum Gasteiger partial charge on any atom is 0.318 e. The van der Waals surface area contributed by atoms with Crippen molar-refractivity contribution in [1.29, 1.82) is 0 Å². The molecule has 130 valence electrons.